The molecule has 0 aliphatic carbocycles. The summed E-state index contributed by atoms with van der Waals surface area (Å²) in [6.07, 6.45) is 2.90. The van der Waals surface area contributed by atoms with Gasteiger partial charge in [0.05, 0.1) is 5.69 Å². The molecule has 0 radical (unpaired) electrons. The Balaban J connectivity index is 2.65. The first-order chi connectivity index (χ1) is 9.58. The molecule has 1 aromatic rings. The molecule has 0 saturated heterocycles. The lowest BCUT2D eigenvalue weighted by atomic mass is 10.1. The summed E-state index contributed by atoms with van der Waals surface area (Å²) < 4.78 is 0. The number of nitriles is 1. The summed E-state index contributed by atoms with van der Waals surface area (Å²) in [5.41, 5.74) is 0.216. The standard InChI is InChI=1S/C13H17N3O3S/c1-2-5-10-9(8-14)12(19)16-13(15-10)20-7-4-3-6-11(17)18/h2-7H2,1H3,(H,17,18)(H,15,16,19). The lowest BCUT2D eigenvalue weighted by Crippen LogP contribution is -2.16. The van der Waals surface area contributed by atoms with Crippen molar-refractivity contribution in [1.29, 1.82) is 5.26 Å². The van der Waals surface area contributed by atoms with Gasteiger partial charge in [0, 0.05) is 12.2 Å². The number of carboxylic acid groups (broad SMARTS) is 1. The molecule has 6 nitrogen and oxygen atoms in total. The van der Waals surface area contributed by atoms with Crippen LogP contribution >= 0.6 is 11.8 Å². The van der Waals surface area contributed by atoms with Crippen LogP contribution in [0.4, 0.5) is 0 Å². The van der Waals surface area contributed by atoms with Crippen LogP contribution in [0.25, 0.3) is 0 Å². The number of nitrogens with one attached hydrogen (secondary N) is 1. The van der Waals surface area contributed by atoms with E-state index >= 15 is 0 Å². The van der Waals surface area contributed by atoms with Crippen LogP contribution < -0.4 is 5.56 Å². The summed E-state index contributed by atoms with van der Waals surface area (Å²) in [4.78, 5) is 29.0. The number of carboxylic acids is 1. The highest BCUT2D eigenvalue weighted by Crippen LogP contribution is 2.16. The molecule has 7 heteroatoms. The molecule has 0 atom stereocenters. The van der Waals surface area contributed by atoms with Gasteiger partial charge < -0.3 is 10.1 Å². The second-order valence-corrected chi connectivity index (χ2v) is 5.34. The molecule has 108 valence electrons. The summed E-state index contributed by atoms with van der Waals surface area (Å²) in [6.45, 7) is 1.96. The Labute approximate surface area is 121 Å². The maximum Gasteiger partial charge on any atom is 0.303 e. The molecule has 0 spiro atoms. The lowest BCUT2D eigenvalue weighted by molar-refractivity contribution is -0.137. The SMILES string of the molecule is CCCc1nc(SCCCCC(=O)O)[nH]c(=O)c1C#N. The van der Waals surface area contributed by atoms with Gasteiger partial charge in [-0.3, -0.25) is 9.59 Å². The summed E-state index contributed by atoms with van der Waals surface area (Å²) in [6, 6.07) is 1.88. The van der Waals surface area contributed by atoms with E-state index in [-0.39, 0.29) is 12.0 Å². The van der Waals surface area contributed by atoms with Gasteiger partial charge >= 0.3 is 5.97 Å². The molecule has 0 aliphatic rings. The normalized spacial score (nSPS) is 10.2. The molecule has 0 fully saturated rings. The van der Waals surface area contributed by atoms with Crippen molar-refractivity contribution in [3.8, 4) is 6.07 Å². The number of aromatic nitrogens is 2. The number of nitrogens with zero attached hydrogens (tertiary/aromatic N) is 2. The highest BCUT2D eigenvalue weighted by Gasteiger charge is 2.10. The third-order valence-corrected chi connectivity index (χ3v) is 3.55. The summed E-state index contributed by atoms with van der Waals surface area (Å²) >= 11 is 1.38. The van der Waals surface area contributed by atoms with Crippen LogP contribution in [-0.2, 0) is 11.2 Å². The minimum atomic E-state index is -0.801. The second kappa shape index (κ2) is 8.38. The predicted octanol–water partition coefficient (Wildman–Crippen LogP) is 1.94. The van der Waals surface area contributed by atoms with Crippen LogP contribution in [-0.4, -0.2) is 26.8 Å². The molecular formula is C13H17N3O3S. The Bertz CT molecular complexity index is 563. The van der Waals surface area contributed by atoms with Gasteiger partial charge in [0.2, 0.25) is 0 Å². The average Bonchev–Trinajstić information content (AvgIpc) is 2.38. The number of hydrogen-bond acceptors (Lipinski definition) is 5. The molecule has 2 N–H and O–H groups in total. The van der Waals surface area contributed by atoms with E-state index in [2.05, 4.69) is 9.97 Å². The zero-order valence-corrected chi connectivity index (χ0v) is 12.1. The lowest BCUT2D eigenvalue weighted by Gasteiger charge is -2.05. The van der Waals surface area contributed by atoms with E-state index in [0.717, 1.165) is 12.8 Å². The Hall–Kier alpha value is -1.81. The summed E-state index contributed by atoms with van der Waals surface area (Å²) in [5.74, 6) is -0.113. The van der Waals surface area contributed by atoms with E-state index in [1.807, 2.05) is 13.0 Å². The average molecular weight is 295 g/mol. The monoisotopic (exact) mass is 295 g/mol. The van der Waals surface area contributed by atoms with E-state index in [0.29, 0.717) is 29.4 Å². The zero-order chi connectivity index (χ0) is 15.0. The van der Waals surface area contributed by atoms with Crippen molar-refractivity contribution in [2.75, 3.05) is 5.75 Å². The first-order valence-corrected chi connectivity index (χ1v) is 7.45. The molecule has 0 aliphatic heterocycles. The van der Waals surface area contributed by atoms with Gasteiger partial charge in [-0.15, -0.1) is 0 Å². The van der Waals surface area contributed by atoms with Crippen LogP contribution in [0.1, 0.15) is 43.9 Å². The molecule has 0 aromatic carbocycles. The smallest absolute Gasteiger partial charge is 0.303 e. The first kappa shape index (κ1) is 16.2. The first-order valence-electron chi connectivity index (χ1n) is 6.46. The second-order valence-electron chi connectivity index (χ2n) is 4.25. The number of carbonyl (C=O) groups is 1. The Morgan fingerprint density at radius 3 is 2.85 bits per heavy atom. The number of aryl methyl sites for hydroxylation is 1. The minimum absolute atomic E-state index is 0.0853. The van der Waals surface area contributed by atoms with Gasteiger partial charge in [0.25, 0.3) is 5.56 Å². The third kappa shape index (κ3) is 5.05. The summed E-state index contributed by atoms with van der Waals surface area (Å²) in [5, 5.41) is 18.0. The molecule has 20 heavy (non-hydrogen) atoms. The highest BCUT2D eigenvalue weighted by atomic mass is 32.2. The molecule has 0 saturated carbocycles. The predicted molar refractivity (Wildman–Crippen MR) is 75.8 cm³/mol. The van der Waals surface area contributed by atoms with Gasteiger partial charge in [-0.25, -0.2) is 4.98 Å². The number of unbranched alkanes of at least 4 members (excludes halogenated alkanes) is 1. The van der Waals surface area contributed by atoms with Crippen LogP contribution in [0.5, 0.6) is 0 Å². The maximum absolute atomic E-state index is 11.7. The number of H-pyrrole nitrogens is 1. The molecule has 0 amide bonds. The van der Waals surface area contributed by atoms with E-state index in [1.54, 1.807) is 0 Å². The summed E-state index contributed by atoms with van der Waals surface area (Å²) in [7, 11) is 0. The third-order valence-electron chi connectivity index (χ3n) is 2.59. The van der Waals surface area contributed by atoms with Crippen molar-refractivity contribution >= 4 is 17.7 Å². The quantitative estimate of drug-likeness (QED) is 0.431. The van der Waals surface area contributed by atoms with E-state index in [9.17, 15) is 9.59 Å². The van der Waals surface area contributed by atoms with Crippen molar-refractivity contribution in [3.05, 3.63) is 21.6 Å². The van der Waals surface area contributed by atoms with Crippen LogP contribution in [0.3, 0.4) is 0 Å². The van der Waals surface area contributed by atoms with Crippen molar-refractivity contribution in [2.24, 2.45) is 0 Å². The molecule has 1 aromatic heterocycles. The van der Waals surface area contributed by atoms with Gasteiger partial charge in [0.15, 0.2) is 5.16 Å². The van der Waals surface area contributed by atoms with E-state index in [1.165, 1.54) is 11.8 Å². The van der Waals surface area contributed by atoms with Gasteiger partial charge in [-0.1, -0.05) is 25.1 Å². The number of rotatable bonds is 8. The van der Waals surface area contributed by atoms with Crippen molar-refractivity contribution in [1.82, 2.24) is 9.97 Å². The van der Waals surface area contributed by atoms with Crippen LogP contribution in [0.2, 0.25) is 0 Å². The number of thioether (sulfide) groups is 1. The number of aromatic amines is 1. The number of aliphatic carboxylic acids is 1. The minimum Gasteiger partial charge on any atom is -0.481 e. The van der Waals surface area contributed by atoms with Gasteiger partial charge in [-0.05, 0) is 19.3 Å². The van der Waals surface area contributed by atoms with Crippen molar-refractivity contribution in [3.63, 3.8) is 0 Å². The topological polar surface area (TPSA) is 107 Å². The fraction of sp³-hybridized carbons (Fsp3) is 0.538. The largest absolute Gasteiger partial charge is 0.481 e. The Kier molecular flexibility index (Phi) is 6.81. The Morgan fingerprint density at radius 1 is 1.50 bits per heavy atom. The van der Waals surface area contributed by atoms with Crippen LogP contribution in [0.15, 0.2) is 9.95 Å². The van der Waals surface area contributed by atoms with Gasteiger partial charge in [0.1, 0.15) is 11.6 Å². The zero-order valence-electron chi connectivity index (χ0n) is 11.3. The highest BCUT2D eigenvalue weighted by molar-refractivity contribution is 7.99. The van der Waals surface area contributed by atoms with E-state index in [4.69, 9.17) is 10.4 Å². The molecule has 0 bridgehead atoms. The molecule has 1 heterocycles. The Morgan fingerprint density at radius 2 is 2.25 bits per heavy atom. The molecular weight excluding hydrogens is 278 g/mol. The molecule has 1 rings (SSSR count). The molecule has 0 unspecified atom stereocenters. The fourth-order valence-electron chi connectivity index (χ4n) is 1.65. The fourth-order valence-corrected chi connectivity index (χ4v) is 2.53. The maximum atomic E-state index is 11.7. The van der Waals surface area contributed by atoms with Crippen molar-refractivity contribution in [2.45, 2.75) is 44.2 Å². The van der Waals surface area contributed by atoms with E-state index < -0.39 is 11.5 Å². The number of hydrogen-bond donors (Lipinski definition) is 2. The van der Waals surface area contributed by atoms with Crippen molar-refractivity contribution < 1.29 is 9.90 Å². The van der Waals surface area contributed by atoms with Gasteiger partial charge in [-0.2, -0.15) is 5.26 Å². The van der Waals surface area contributed by atoms with Crippen LogP contribution in [0, 0.1) is 11.3 Å².